The Morgan fingerprint density at radius 1 is 1.37 bits per heavy atom. The SMILES string of the molecule is CC1CN(C(=O)C2NCC3CCCC32)CC(C)(C)O1. The van der Waals surface area contributed by atoms with Gasteiger partial charge in [0.15, 0.2) is 0 Å². The lowest BCUT2D eigenvalue weighted by Gasteiger charge is -2.43. The Bertz CT molecular complexity index is 369. The van der Waals surface area contributed by atoms with E-state index in [1.54, 1.807) is 0 Å². The maximum Gasteiger partial charge on any atom is 0.240 e. The molecule has 4 nitrogen and oxygen atoms in total. The molecule has 0 aromatic carbocycles. The van der Waals surface area contributed by atoms with Crippen LogP contribution in [0.4, 0.5) is 0 Å². The number of nitrogens with one attached hydrogen (secondary N) is 1. The van der Waals surface area contributed by atoms with Crippen LogP contribution in [0, 0.1) is 11.8 Å². The minimum Gasteiger partial charge on any atom is -0.369 e. The van der Waals surface area contributed by atoms with E-state index < -0.39 is 0 Å². The molecule has 1 aliphatic carbocycles. The average Bonchev–Trinajstić information content (AvgIpc) is 2.86. The first-order valence-electron chi connectivity index (χ1n) is 7.66. The zero-order valence-corrected chi connectivity index (χ0v) is 12.3. The number of hydrogen-bond acceptors (Lipinski definition) is 3. The normalized spacial score (nSPS) is 41.3. The van der Waals surface area contributed by atoms with Crippen molar-refractivity contribution in [2.75, 3.05) is 19.6 Å². The highest BCUT2D eigenvalue weighted by Crippen LogP contribution is 2.38. The molecule has 4 unspecified atom stereocenters. The molecule has 2 saturated heterocycles. The molecule has 1 saturated carbocycles. The third kappa shape index (κ3) is 2.52. The number of hydrogen-bond donors (Lipinski definition) is 1. The largest absolute Gasteiger partial charge is 0.369 e. The zero-order chi connectivity index (χ0) is 13.6. The molecule has 2 heterocycles. The summed E-state index contributed by atoms with van der Waals surface area (Å²) in [6.07, 6.45) is 3.95. The second-order valence-corrected chi connectivity index (χ2v) is 7.15. The number of morpholine rings is 1. The van der Waals surface area contributed by atoms with Gasteiger partial charge in [0.05, 0.1) is 17.7 Å². The highest BCUT2D eigenvalue weighted by atomic mass is 16.5. The number of nitrogens with zero attached hydrogens (tertiary/aromatic N) is 1. The minimum absolute atomic E-state index is 0.0635. The van der Waals surface area contributed by atoms with Crippen molar-refractivity contribution < 1.29 is 9.53 Å². The molecule has 2 aliphatic heterocycles. The Morgan fingerprint density at radius 3 is 2.89 bits per heavy atom. The van der Waals surface area contributed by atoms with Gasteiger partial charge in [0.2, 0.25) is 5.91 Å². The second-order valence-electron chi connectivity index (χ2n) is 7.15. The Hall–Kier alpha value is -0.610. The van der Waals surface area contributed by atoms with Crippen LogP contribution in [0.3, 0.4) is 0 Å². The molecule has 0 aromatic rings. The van der Waals surface area contributed by atoms with E-state index in [-0.39, 0.29) is 17.7 Å². The van der Waals surface area contributed by atoms with Crippen LogP contribution in [0.5, 0.6) is 0 Å². The van der Waals surface area contributed by atoms with Gasteiger partial charge < -0.3 is 15.0 Å². The van der Waals surface area contributed by atoms with Crippen molar-refractivity contribution in [3.05, 3.63) is 0 Å². The van der Waals surface area contributed by atoms with Crippen molar-refractivity contribution >= 4 is 5.91 Å². The van der Waals surface area contributed by atoms with E-state index in [0.29, 0.717) is 18.4 Å². The third-order valence-electron chi connectivity index (χ3n) is 4.89. The average molecular weight is 266 g/mol. The number of amides is 1. The van der Waals surface area contributed by atoms with Crippen molar-refractivity contribution in [2.45, 2.75) is 57.8 Å². The monoisotopic (exact) mass is 266 g/mol. The van der Waals surface area contributed by atoms with Crippen molar-refractivity contribution in [2.24, 2.45) is 11.8 Å². The van der Waals surface area contributed by atoms with Crippen LogP contribution >= 0.6 is 0 Å². The lowest BCUT2D eigenvalue weighted by molar-refractivity contribution is -0.160. The summed E-state index contributed by atoms with van der Waals surface area (Å²) in [4.78, 5) is 14.8. The zero-order valence-electron chi connectivity index (χ0n) is 12.3. The van der Waals surface area contributed by atoms with E-state index >= 15 is 0 Å². The lowest BCUT2D eigenvalue weighted by atomic mass is 9.92. The highest BCUT2D eigenvalue weighted by molar-refractivity contribution is 5.83. The fourth-order valence-electron chi connectivity index (χ4n) is 4.28. The van der Waals surface area contributed by atoms with Gasteiger partial charge in [0.25, 0.3) is 0 Å². The first kappa shape index (κ1) is 13.4. The van der Waals surface area contributed by atoms with Crippen LogP contribution in [0.15, 0.2) is 0 Å². The maximum atomic E-state index is 12.8. The fourth-order valence-corrected chi connectivity index (χ4v) is 4.28. The van der Waals surface area contributed by atoms with Gasteiger partial charge >= 0.3 is 0 Å². The van der Waals surface area contributed by atoms with E-state index in [4.69, 9.17) is 4.74 Å². The molecule has 4 heteroatoms. The molecule has 0 aromatic heterocycles. The summed E-state index contributed by atoms with van der Waals surface area (Å²) in [7, 11) is 0. The number of carbonyl (C=O) groups is 1. The lowest BCUT2D eigenvalue weighted by Crippen LogP contribution is -2.57. The summed E-state index contributed by atoms with van der Waals surface area (Å²) >= 11 is 0. The molecule has 0 bridgehead atoms. The Kier molecular flexibility index (Phi) is 3.34. The Labute approximate surface area is 115 Å². The van der Waals surface area contributed by atoms with Gasteiger partial charge in [-0.1, -0.05) is 6.42 Å². The molecular formula is C15H26N2O2. The highest BCUT2D eigenvalue weighted by Gasteiger charge is 2.45. The molecule has 3 rings (SSSR count). The summed E-state index contributed by atoms with van der Waals surface area (Å²) in [5.74, 6) is 1.62. The van der Waals surface area contributed by atoms with Gasteiger partial charge in [-0.25, -0.2) is 0 Å². The first-order chi connectivity index (χ1) is 8.96. The standard InChI is InChI=1S/C15H26N2O2/c1-10-8-17(9-15(2,3)19-10)14(18)13-12-6-4-5-11(12)7-16-13/h10-13,16H,4-9H2,1-3H3. The summed E-state index contributed by atoms with van der Waals surface area (Å²) in [5.41, 5.74) is -0.221. The molecule has 1 amide bonds. The van der Waals surface area contributed by atoms with E-state index in [2.05, 4.69) is 26.1 Å². The second kappa shape index (κ2) is 4.74. The molecule has 0 spiro atoms. The van der Waals surface area contributed by atoms with Gasteiger partial charge in [-0.05, 0) is 52.0 Å². The quantitative estimate of drug-likeness (QED) is 0.780. The van der Waals surface area contributed by atoms with Crippen LogP contribution in [-0.2, 0) is 9.53 Å². The Morgan fingerprint density at radius 2 is 2.16 bits per heavy atom. The maximum absolute atomic E-state index is 12.8. The summed E-state index contributed by atoms with van der Waals surface area (Å²) < 4.78 is 5.89. The van der Waals surface area contributed by atoms with Crippen LogP contribution in [0.1, 0.15) is 40.0 Å². The molecule has 4 atom stereocenters. The fraction of sp³-hybridized carbons (Fsp3) is 0.933. The summed E-state index contributed by atoms with van der Waals surface area (Å²) in [5, 5.41) is 3.47. The van der Waals surface area contributed by atoms with Gasteiger partial charge in [-0.3, -0.25) is 4.79 Å². The van der Waals surface area contributed by atoms with E-state index in [1.165, 1.54) is 19.3 Å². The van der Waals surface area contributed by atoms with Crippen LogP contribution in [0.2, 0.25) is 0 Å². The summed E-state index contributed by atoms with van der Waals surface area (Å²) in [6, 6.07) is 0.0635. The predicted molar refractivity (Wildman–Crippen MR) is 73.8 cm³/mol. The molecule has 0 radical (unpaired) electrons. The third-order valence-corrected chi connectivity index (χ3v) is 4.89. The van der Waals surface area contributed by atoms with Crippen LogP contribution < -0.4 is 5.32 Å². The van der Waals surface area contributed by atoms with Crippen molar-refractivity contribution in [3.8, 4) is 0 Å². The van der Waals surface area contributed by atoms with Crippen molar-refractivity contribution in [1.82, 2.24) is 10.2 Å². The van der Waals surface area contributed by atoms with Gasteiger partial charge in [0.1, 0.15) is 0 Å². The molecule has 1 N–H and O–H groups in total. The van der Waals surface area contributed by atoms with E-state index in [1.807, 2.05) is 4.90 Å². The van der Waals surface area contributed by atoms with Gasteiger partial charge in [0, 0.05) is 13.1 Å². The number of carbonyl (C=O) groups excluding carboxylic acids is 1. The predicted octanol–water partition coefficient (Wildman–Crippen LogP) is 1.40. The minimum atomic E-state index is -0.221. The van der Waals surface area contributed by atoms with E-state index in [0.717, 1.165) is 19.0 Å². The molecule has 3 fully saturated rings. The van der Waals surface area contributed by atoms with Gasteiger partial charge in [-0.15, -0.1) is 0 Å². The smallest absolute Gasteiger partial charge is 0.240 e. The number of rotatable bonds is 1. The molecule has 3 aliphatic rings. The first-order valence-corrected chi connectivity index (χ1v) is 7.66. The van der Waals surface area contributed by atoms with Crippen LogP contribution in [-0.4, -0.2) is 48.2 Å². The molecular weight excluding hydrogens is 240 g/mol. The van der Waals surface area contributed by atoms with Gasteiger partial charge in [-0.2, -0.15) is 0 Å². The van der Waals surface area contributed by atoms with Crippen LogP contribution in [0.25, 0.3) is 0 Å². The molecule has 108 valence electrons. The van der Waals surface area contributed by atoms with Crippen molar-refractivity contribution in [3.63, 3.8) is 0 Å². The number of ether oxygens (including phenoxy) is 1. The summed E-state index contributed by atoms with van der Waals surface area (Å²) in [6.45, 7) is 8.68. The number of fused-ring (bicyclic) bond motifs is 1. The molecule has 19 heavy (non-hydrogen) atoms. The van der Waals surface area contributed by atoms with E-state index in [9.17, 15) is 4.79 Å². The topological polar surface area (TPSA) is 41.6 Å². The Balaban J connectivity index is 1.70. The van der Waals surface area contributed by atoms with Crippen molar-refractivity contribution in [1.29, 1.82) is 0 Å².